The minimum atomic E-state index is -0.467. The van der Waals surface area contributed by atoms with E-state index in [1.807, 2.05) is 0 Å². The van der Waals surface area contributed by atoms with E-state index in [2.05, 4.69) is 5.32 Å². The molecule has 1 saturated carbocycles. The van der Waals surface area contributed by atoms with Gasteiger partial charge in [-0.2, -0.15) is 0 Å². The molecule has 2 fully saturated rings. The minimum Gasteiger partial charge on any atom is -0.494 e. The molecule has 1 heterocycles. The molecule has 1 aliphatic heterocycles. The number of fused-ring (bicyclic) bond motifs is 1. The van der Waals surface area contributed by atoms with Crippen molar-refractivity contribution in [3.8, 4) is 5.75 Å². The fourth-order valence-corrected chi connectivity index (χ4v) is 3.65. The number of carbonyl (C=O) groups excluding carboxylic acids is 3. The van der Waals surface area contributed by atoms with E-state index in [0.29, 0.717) is 5.69 Å². The third kappa shape index (κ3) is 3.50. The van der Waals surface area contributed by atoms with Gasteiger partial charge in [0.05, 0.1) is 24.6 Å². The molecule has 1 aliphatic carbocycles. The molecule has 2 atom stereocenters. The Morgan fingerprint density at radius 3 is 2.48 bits per heavy atom. The summed E-state index contributed by atoms with van der Waals surface area (Å²) in [4.78, 5) is 38.1. The molecule has 3 rings (SSSR count). The van der Waals surface area contributed by atoms with Crippen LogP contribution in [-0.4, -0.2) is 36.3 Å². The quantitative estimate of drug-likeness (QED) is 0.829. The number of nitrogens with one attached hydrogen (secondary N) is 1. The van der Waals surface area contributed by atoms with Crippen LogP contribution in [0.4, 0.5) is 10.1 Å². The number of nitrogens with zero attached hydrogens (tertiary/aromatic N) is 1. The molecule has 2 aliphatic rings. The van der Waals surface area contributed by atoms with Gasteiger partial charge < -0.3 is 10.1 Å². The summed E-state index contributed by atoms with van der Waals surface area (Å²) in [5, 5.41) is 2.63. The zero-order valence-electron chi connectivity index (χ0n) is 14.1. The summed E-state index contributed by atoms with van der Waals surface area (Å²) in [6, 6.07) is 3.80. The molecule has 2 unspecified atom stereocenters. The fraction of sp³-hybridized carbons (Fsp3) is 0.500. The van der Waals surface area contributed by atoms with E-state index < -0.39 is 5.82 Å². The second kappa shape index (κ2) is 7.21. The summed E-state index contributed by atoms with van der Waals surface area (Å²) in [7, 11) is 1.38. The van der Waals surface area contributed by atoms with E-state index in [4.69, 9.17) is 4.74 Å². The molecule has 0 spiro atoms. The highest BCUT2D eigenvalue weighted by molar-refractivity contribution is 6.05. The Morgan fingerprint density at radius 1 is 1.24 bits per heavy atom. The number of hydrogen-bond acceptors (Lipinski definition) is 4. The number of ether oxygens (including phenoxy) is 1. The number of imide groups is 1. The van der Waals surface area contributed by atoms with E-state index in [1.165, 1.54) is 30.2 Å². The molecule has 1 aromatic carbocycles. The first-order chi connectivity index (χ1) is 12.0. The van der Waals surface area contributed by atoms with Crippen molar-refractivity contribution in [1.82, 2.24) is 4.90 Å². The van der Waals surface area contributed by atoms with E-state index in [1.54, 1.807) is 0 Å². The average molecular weight is 348 g/mol. The van der Waals surface area contributed by atoms with Gasteiger partial charge in [-0.3, -0.25) is 19.3 Å². The van der Waals surface area contributed by atoms with Crippen molar-refractivity contribution < 1.29 is 23.5 Å². The van der Waals surface area contributed by atoms with Crippen LogP contribution in [0.25, 0.3) is 0 Å². The molecule has 0 bridgehead atoms. The van der Waals surface area contributed by atoms with Gasteiger partial charge in [0.25, 0.3) is 0 Å². The molecule has 25 heavy (non-hydrogen) atoms. The maximum atomic E-state index is 13.2. The van der Waals surface area contributed by atoms with Crippen LogP contribution in [0.15, 0.2) is 18.2 Å². The van der Waals surface area contributed by atoms with Crippen molar-refractivity contribution in [3.63, 3.8) is 0 Å². The van der Waals surface area contributed by atoms with Gasteiger partial charge in [-0.05, 0) is 25.0 Å². The van der Waals surface area contributed by atoms with E-state index in [9.17, 15) is 18.8 Å². The maximum Gasteiger partial charge on any atom is 0.233 e. The molecular weight excluding hydrogens is 327 g/mol. The molecule has 1 N–H and O–H groups in total. The van der Waals surface area contributed by atoms with Gasteiger partial charge in [-0.1, -0.05) is 12.8 Å². The first-order valence-electron chi connectivity index (χ1n) is 8.50. The Morgan fingerprint density at radius 2 is 1.88 bits per heavy atom. The molecule has 1 saturated heterocycles. The summed E-state index contributed by atoms with van der Waals surface area (Å²) in [5.74, 6) is -1.33. The molecule has 6 nitrogen and oxygen atoms in total. The monoisotopic (exact) mass is 348 g/mol. The van der Waals surface area contributed by atoms with Crippen molar-refractivity contribution in [2.75, 3.05) is 19.0 Å². The number of amides is 3. The van der Waals surface area contributed by atoms with Crippen molar-refractivity contribution in [1.29, 1.82) is 0 Å². The van der Waals surface area contributed by atoms with Crippen LogP contribution in [0.2, 0.25) is 0 Å². The zero-order chi connectivity index (χ0) is 18.0. The molecule has 3 amide bonds. The number of rotatable bonds is 5. The predicted octanol–water partition coefficient (Wildman–Crippen LogP) is 2.34. The standard InChI is InChI=1S/C18H21FN2O4/c1-25-15-10-11(19)6-7-14(15)20-16(22)8-9-21-17(23)12-4-2-3-5-13(12)18(21)24/h6-7,10,12-13H,2-5,8-9H2,1H3,(H,20,22). The van der Waals surface area contributed by atoms with Gasteiger partial charge in [-0.25, -0.2) is 4.39 Å². The summed E-state index contributed by atoms with van der Waals surface area (Å²) in [6.07, 6.45) is 3.45. The van der Waals surface area contributed by atoms with Crippen LogP contribution in [0.5, 0.6) is 5.75 Å². The van der Waals surface area contributed by atoms with Gasteiger partial charge in [-0.15, -0.1) is 0 Å². The van der Waals surface area contributed by atoms with Crippen LogP contribution in [0, 0.1) is 17.7 Å². The number of likely N-dealkylation sites (tertiary alicyclic amines) is 1. The number of anilines is 1. The van der Waals surface area contributed by atoms with Gasteiger partial charge in [0, 0.05) is 19.0 Å². The second-order valence-corrected chi connectivity index (χ2v) is 6.47. The SMILES string of the molecule is COc1cc(F)ccc1NC(=O)CCN1C(=O)C2CCCCC2C1=O. The third-order valence-corrected chi connectivity index (χ3v) is 4.93. The Kier molecular flexibility index (Phi) is 5.01. The lowest BCUT2D eigenvalue weighted by atomic mass is 9.81. The van der Waals surface area contributed by atoms with Crippen molar-refractivity contribution in [3.05, 3.63) is 24.0 Å². The van der Waals surface area contributed by atoms with Gasteiger partial charge in [0.15, 0.2) is 0 Å². The summed E-state index contributed by atoms with van der Waals surface area (Å²) in [6.45, 7) is 0.0695. The highest BCUT2D eigenvalue weighted by Crippen LogP contribution is 2.38. The first-order valence-corrected chi connectivity index (χ1v) is 8.50. The second-order valence-electron chi connectivity index (χ2n) is 6.47. The largest absolute Gasteiger partial charge is 0.494 e. The smallest absolute Gasteiger partial charge is 0.233 e. The average Bonchev–Trinajstić information content (AvgIpc) is 2.86. The number of carbonyl (C=O) groups is 3. The Hall–Kier alpha value is -2.44. The molecule has 7 heteroatoms. The third-order valence-electron chi connectivity index (χ3n) is 4.93. The molecule has 1 aromatic rings. The van der Waals surface area contributed by atoms with Crippen molar-refractivity contribution in [2.45, 2.75) is 32.1 Å². The van der Waals surface area contributed by atoms with Gasteiger partial charge in [0.1, 0.15) is 11.6 Å². The van der Waals surface area contributed by atoms with Crippen LogP contribution in [0.1, 0.15) is 32.1 Å². The van der Waals surface area contributed by atoms with Crippen LogP contribution >= 0.6 is 0 Å². The number of benzene rings is 1. The lowest BCUT2D eigenvalue weighted by molar-refractivity contribution is -0.140. The predicted molar refractivity (Wildman–Crippen MR) is 88.4 cm³/mol. The molecular formula is C18H21FN2O4. The summed E-state index contributed by atoms with van der Waals surface area (Å²) >= 11 is 0. The van der Waals surface area contributed by atoms with Crippen LogP contribution in [0.3, 0.4) is 0 Å². The Labute approximate surface area is 145 Å². The molecule has 0 aromatic heterocycles. The summed E-state index contributed by atoms with van der Waals surface area (Å²) in [5.41, 5.74) is 0.349. The normalized spacial score (nSPS) is 22.7. The van der Waals surface area contributed by atoms with Gasteiger partial charge >= 0.3 is 0 Å². The minimum absolute atomic E-state index is 0.00253. The Balaban J connectivity index is 1.59. The Bertz CT molecular complexity index is 682. The number of halogens is 1. The fourth-order valence-electron chi connectivity index (χ4n) is 3.65. The van der Waals surface area contributed by atoms with E-state index in [0.717, 1.165) is 25.7 Å². The molecule has 0 radical (unpaired) electrons. The van der Waals surface area contributed by atoms with Gasteiger partial charge in [0.2, 0.25) is 17.7 Å². The highest BCUT2D eigenvalue weighted by atomic mass is 19.1. The van der Waals surface area contributed by atoms with Crippen molar-refractivity contribution in [2.24, 2.45) is 11.8 Å². The molecule has 134 valence electrons. The number of hydrogen-bond donors (Lipinski definition) is 1. The van der Waals surface area contributed by atoms with E-state index >= 15 is 0 Å². The lowest BCUT2D eigenvalue weighted by Gasteiger charge is -2.19. The maximum absolute atomic E-state index is 13.2. The number of methoxy groups -OCH3 is 1. The van der Waals surface area contributed by atoms with E-state index in [-0.39, 0.29) is 48.3 Å². The lowest BCUT2D eigenvalue weighted by Crippen LogP contribution is -2.34. The van der Waals surface area contributed by atoms with Crippen LogP contribution < -0.4 is 10.1 Å². The van der Waals surface area contributed by atoms with Crippen LogP contribution in [-0.2, 0) is 14.4 Å². The zero-order valence-corrected chi connectivity index (χ0v) is 14.1. The highest BCUT2D eigenvalue weighted by Gasteiger charge is 2.47. The van der Waals surface area contributed by atoms with Crippen molar-refractivity contribution >= 4 is 23.4 Å². The topological polar surface area (TPSA) is 75.7 Å². The first kappa shape index (κ1) is 17.4. The summed E-state index contributed by atoms with van der Waals surface area (Å²) < 4.78 is 18.2.